The second-order valence-electron chi connectivity index (χ2n) is 4.67. The molecule has 0 saturated heterocycles. The Morgan fingerprint density at radius 1 is 1.00 bits per heavy atom. The van der Waals surface area contributed by atoms with Crippen molar-refractivity contribution in [3.63, 3.8) is 0 Å². The molecule has 0 aliphatic carbocycles. The summed E-state index contributed by atoms with van der Waals surface area (Å²) in [6.45, 7) is 4.49. The van der Waals surface area contributed by atoms with Crippen LogP contribution in [-0.4, -0.2) is 61.6 Å². The van der Waals surface area contributed by atoms with E-state index in [4.69, 9.17) is 9.47 Å². The maximum atomic E-state index is 11.9. The zero-order valence-corrected chi connectivity index (χ0v) is 13.3. The normalized spacial score (nSPS) is 11.9. The van der Waals surface area contributed by atoms with Crippen LogP contribution in [0.1, 0.15) is 20.8 Å². The molecule has 0 aromatic carbocycles. The van der Waals surface area contributed by atoms with Crippen LogP contribution in [0.2, 0.25) is 0 Å². The fourth-order valence-electron chi connectivity index (χ4n) is 1.35. The second-order valence-corrected chi connectivity index (χ2v) is 4.67. The van der Waals surface area contributed by atoms with Crippen molar-refractivity contribution in [3.05, 3.63) is 12.2 Å². The molecule has 8 heteroatoms. The van der Waals surface area contributed by atoms with E-state index < -0.39 is 29.9 Å². The summed E-state index contributed by atoms with van der Waals surface area (Å²) in [5.41, 5.74) is 0. The first-order valence-electron chi connectivity index (χ1n) is 6.58. The molecule has 0 heterocycles. The Labute approximate surface area is 129 Å². The molecule has 124 valence electrons. The predicted octanol–water partition coefficient (Wildman–Crippen LogP) is 0.0573. The predicted molar refractivity (Wildman–Crippen MR) is 75.6 cm³/mol. The number of hydrogen-bond acceptors (Lipinski definition) is 7. The smallest absolute Gasteiger partial charge is 0.331 e. The van der Waals surface area contributed by atoms with Crippen LogP contribution in [0.3, 0.4) is 0 Å². The molecule has 0 radical (unpaired) electrons. The minimum absolute atomic E-state index is 0.253. The van der Waals surface area contributed by atoms with Crippen LogP contribution in [-0.2, 0) is 33.4 Å². The zero-order valence-electron chi connectivity index (χ0n) is 13.3. The topological polar surface area (TPSA) is 99.2 Å². The molecule has 0 aromatic heterocycles. The van der Waals surface area contributed by atoms with Gasteiger partial charge in [0.2, 0.25) is 0 Å². The lowest BCUT2D eigenvalue weighted by Gasteiger charge is -2.20. The first-order valence-corrected chi connectivity index (χ1v) is 6.58. The Morgan fingerprint density at radius 3 is 2.05 bits per heavy atom. The van der Waals surface area contributed by atoms with Crippen LogP contribution in [0.25, 0.3) is 0 Å². The standard InChI is InChI=1S/C14H21NO7/c1-9(2)21-13(18)8-15(4)14(19)10(3)22-12(17)7-6-11(16)20-5/h6-7,9-10H,8H2,1-5H3/b7-6+. The lowest BCUT2D eigenvalue weighted by Crippen LogP contribution is -2.40. The number of hydrogen-bond donors (Lipinski definition) is 0. The number of carbonyl (C=O) groups excluding carboxylic acids is 4. The van der Waals surface area contributed by atoms with Crippen LogP contribution < -0.4 is 0 Å². The van der Waals surface area contributed by atoms with Crippen LogP contribution in [0.15, 0.2) is 12.2 Å². The lowest BCUT2D eigenvalue weighted by molar-refractivity contribution is -0.158. The molecule has 1 amide bonds. The zero-order chi connectivity index (χ0) is 17.3. The number of rotatable bonds is 7. The third kappa shape index (κ3) is 8.03. The third-order valence-corrected chi connectivity index (χ3v) is 2.31. The average Bonchev–Trinajstić information content (AvgIpc) is 2.42. The van der Waals surface area contributed by atoms with E-state index in [2.05, 4.69) is 4.74 Å². The molecule has 0 aliphatic heterocycles. The van der Waals surface area contributed by atoms with E-state index in [9.17, 15) is 19.2 Å². The number of nitrogens with zero attached hydrogens (tertiary/aromatic N) is 1. The van der Waals surface area contributed by atoms with Crippen molar-refractivity contribution >= 4 is 23.8 Å². The van der Waals surface area contributed by atoms with Crippen LogP contribution in [0, 0.1) is 0 Å². The van der Waals surface area contributed by atoms with Crippen molar-refractivity contribution < 1.29 is 33.4 Å². The summed E-state index contributed by atoms with van der Waals surface area (Å²) in [7, 11) is 2.55. The van der Waals surface area contributed by atoms with Gasteiger partial charge in [-0.25, -0.2) is 9.59 Å². The summed E-state index contributed by atoms with van der Waals surface area (Å²) < 4.78 is 14.0. The van der Waals surface area contributed by atoms with Crippen LogP contribution in [0.4, 0.5) is 0 Å². The minimum atomic E-state index is -1.10. The van der Waals surface area contributed by atoms with Crippen molar-refractivity contribution in [2.45, 2.75) is 33.0 Å². The quantitative estimate of drug-likeness (QED) is 0.372. The van der Waals surface area contributed by atoms with Gasteiger partial charge in [-0.15, -0.1) is 0 Å². The van der Waals surface area contributed by atoms with Gasteiger partial charge in [0.05, 0.1) is 13.2 Å². The van der Waals surface area contributed by atoms with Crippen molar-refractivity contribution in [2.24, 2.45) is 0 Å². The second kappa shape index (κ2) is 9.54. The first kappa shape index (κ1) is 19.6. The van der Waals surface area contributed by atoms with Crippen molar-refractivity contribution in [2.75, 3.05) is 20.7 Å². The molecule has 0 N–H and O–H groups in total. The van der Waals surface area contributed by atoms with E-state index in [1.54, 1.807) is 13.8 Å². The molecule has 0 bridgehead atoms. The van der Waals surface area contributed by atoms with E-state index >= 15 is 0 Å². The lowest BCUT2D eigenvalue weighted by atomic mass is 10.3. The van der Waals surface area contributed by atoms with E-state index in [-0.39, 0.29) is 12.6 Å². The molecule has 8 nitrogen and oxygen atoms in total. The highest BCUT2D eigenvalue weighted by Gasteiger charge is 2.23. The van der Waals surface area contributed by atoms with Gasteiger partial charge in [-0.1, -0.05) is 0 Å². The molecule has 0 spiro atoms. The number of esters is 3. The SMILES string of the molecule is COC(=O)/C=C/C(=O)OC(C)C(=O)N(C)CC(=O)OC(C)C. The molecular weight excluding hydrogens is 294 g/mol. The Balaban J connectivity index is 4.41. The highest BCUT2D eigenvalue weighted by atomic mass is 16.6. The van der Waals surface area contributed by atoms with Gasteiger partial charge in [-0.3, -0.25) is 9.59 Å². The Kier molecular flexibility index (Phi) is 8.51. The van der Waals surface area contributed by atoms with Gasteiger partial charge in [-0.05, 0) is 20.8 Å². The summed E-state index contributed by atoms with van der Waals surface area (Å²) in [5.74, 6) is -2.72. The maximum Gasteiger partial charge on any atom is 0.331 e. The maximum absolute atomic E-state index is 11.9. The summed E-state index contributed by atoms with van der Waals surface area (Å²) in [5, 5.41) is 0. The van der Waals surface area contributed by atoms with E-state index in [0.29, 0.717) is 0 Å². The number of ether oxygens (including phenoxy) is 3. The summed E-state index contributed by atoms with van der Waals surface area (Å²) in [6, 6.07) is 0. The highest BCUT2D eigenvalue weighted by Crippen LogP contribution is 2.00. The van der Waals surface area contributed by atoms with Gasteiger partial charge < -0.3 is 19.1 Å². The minimum Gasteiger partial charge on any atom is -0.466 e. The Morgan fingerprint density at radius 2 is 1.55 bits per heavy atom. The average molecular weight is 315 g/mol. The van der Waals surface area contributed by atoms with E-state index in [1.807, 2.05) is 0 Å². The fraction of sp³-hybridized carbons (Fsp3) is 0.571. The molecule has 0 fully saturated rings. The summed E-state index contributed by atoms with van der Waals surface area (Å²) >= 11 is 0. The van der Waals surface area contributed by atoms with E-state index in [1.165, 1.54) is 14.0 Å². The number of amides is 1. The monoisotopic (exact) mass is 315 g/mol. The molecule has 22 heavy (non-hydrogen) atoms. The van der Waals surface area contributed by atoms with Crippen LogP contribution in [0.5, 0.6) is 0 Å². The highest BCUT2D eigenvalue weighted by molar-refractivity contribution is 5.93. The van der Waals surface area contributed by atoms with E-state index in [0.717, 1.165) is 24.2 Å². The van der Waals surface area contributed by atoms with Gasteiger partial charge in [-0.2, -0.15) is 0 Å². The third-order valence-electron chi connectivity index (χ3n) is 2.31. The molecule has 1 unspecified atom stereocenters. The molecular formula is C14H21NO7. The number of likely N-dealkylation sites (N-methyl/N-ethyl adjacent to an activating group) is 1. The van der Waals surface area contributed by atoms with Crippen molar-refractivity contribution in [1.82, 2.24) is 4.90 Å². The summed E-state index contributed by atoms with van der Waals surface area (Å²) in [4.78, 5) is 46.6. The van der Waals surface area contributed by atoms with Crippen molar-refractivity contribution in [3.8, 4) is 0 Å². The number of methoxy groups -OCH3 is 1. The summed E-state index contributed by atoms with van der Waals surface area (Å²) in [6.07, 6.45) is 0.340. The molecule has 1 atom stereocenters. The first-order chi connectivity index (χ1) is 10.2. The van der Waals surface area contributed by atoms with Gasteiger partial charge >= 0.3 is 17.9 Å². The number of carbonyl (C=O) groups is 4. The van der Waals surface area contributed by atoms with Gasteiger partial charge in [0.1, 0.15) is 6.54 Å². The molecule has 0 saturated carbocycles. The molecule has 0 rings (SSSR count). The van der Waals surface area contributed by atoms with Crippen LogP contribution >= 0.6 is 0 Å². The van der Waals surface area contributed by atoms with Crippen molar-refractivity contribution in [1.29, 1.82) is 0 Å². The largest absolute Gasteiger partial charge is 0.466 e. The van der Waals surface area contributed by atoms with Gasteiger partial charge in [0.15, 0.2) is 6.10 Å². The molecule has 0 aromatic rings. The molecule has 0 aliphatic rings. The van der Waals surface area contributed by atoms with Gasteiger partial charge in [0, 0.05) is 19.2 Å². The van der Waals surface area contributed by atoms with Gasteiger partial charge in [0.25, 0.3) is 5.91 Å². The Bertz CT molecular complexity index is 456. The Hall–Kier alpha value is -2.38. The fourth-order valence-corrected chi connectivity index (χ4v) is 1.35.